The third kappa shape index (κ3) is 5.60. The van der Waals surface area contributed by atoms with Crippen molar-refractivity contribution < 1.29 is 14.6 Å². The molecule has 37 heavy (non-hydrogen) atoms. The zero-order valence-corrected chi connectivity index (χ0v) is 24.7. The van der Waals surface area contributed by atoms with Gasteiger partial charge in [0, 0.05) is 18.4 Å². The van der Waals surface area contributed by atoms with Crippen molar-refractivity contribution >= 4 is 6.09 Å². The van der Waals surface area contributed by atoms with E-state index in [-0.39, 0.29) is 17.6 Å². The van der Waals surface area contributed by atoms with E-state index in [1.165, 1.54) is 44.9 Å². The Balaban J connectivity index is 1.48. The summed E-state index contributed by atoms with van der Waals surface area (Å²) in [7, 11) is 0. The monoisotopic (exact) mass is 518 g/mol. The van der Waals surface area contributed by atoms with Gasteiger partial charge < -0.3 is 20.9 Å². The van der Waals surface area contributed by atoms with Gasteiger partial charge in [0.25, 0.3) is 0 Å². The van der Waals surface area contributed by atoms with Gasteiger partial charge in [0.2, 0.25) is 0 Å². The summed E-state index contributed by atoms with van der Waals surface area (Å²) in [4.78, 5) is 13.0. The van der Waals surface area contributed by atoms with E-state index in [0.29, 0.717) is 30.8 Å². The van der Waals surface area contributed by atoms with Crippen LogP contribution < -0.4 is 11.1 Å². The van der Waals surface area contributed by atoms with Crippen molar-refractivity contribution in [3.05, 3.63) is 0 Å². The maximum atomic E-state index is 13.0. The Morgan fingerprint density at radius 2 is 1.76 bits per heavy atom. The molecule has 0 bridgehead atoms. The molecule has 5 heteroatoms. The molecule has 0 aromatic carbocycles. The average Bonchev–Trinajstić information content (AvgIpc) is 3.19. The number of rotatable bonds is 10. The Labute approximate surface area is 227 Å². The number of unbranched alkanes of at least 4 members (excludes halogenated alkanes) is 1. The summed E-state index contributed by atoms with van der Waals surface area (Å²) in [6.07, 6.45) is 15.0. The number of nitrogens with two attached hydrogens (primary N) is 1. The molecule has 5 nitrogen and oxygen atoms in total. The molecular formula is C32H58N2O3. The lowest BCUT2D eigenvalue weighted by Crippen LogP contribution is -2.64. The van der Waals surface area contributed by atoms with E-state index in [4.69, 9.17) is 10.5 Å². The minimum atomic E-state index is -0.542. The number of hydrogen-bond acceptors (Lipinski definition) is 4. The van der Waals surface area contributed by atoms with Gasteiger partial charge in [-0.05, 0) is 112 Å². The van der Waals surface area contributed by atoms with Gasteiger partial charge in [-0.15, -0.1) is 0 Å². The predicted octanol–water partition coefficient (Wildman–Crippen LogP) is 7.06. The van der Waals surface area contributed by atoms with Gasteiger partial charge in [0.05, 0.1) is 6.10 Å². The van der Waals surface area contributed by atoms with Crippen LogP contribution in [0, 0.1) is 46.3 Å². The molecule has 0 aromatic rings. The van der Waals surface area contributed by atoms with Crippen LogP contribution in [0.1, 0.15) is 125 Å². The van der Waals surface area contributed by atoms with Crippen molar-refractivity contribution in [3.8, 4) is 0 Å². The molecule has 0 unspecified atom stereocenters. The van der Waals surface area contributed by atoms with Crippen molar-refractivity contribution in [2.24, 2.45) is 52.1 Å². The Kier molecular flexibility index (Phi) is 9.26. The summed E-state index contributed by atoms with van der Waals surface area (Å²) in [6.45, 7) is 13.6. The second kappa shape index (κ2) is 11.7. The van der Waals surface area contributed by atoms with Crippen LogP contribution in [0.2, 0.25) is 0 Å². The highest BCUT2D eigenvalue weighted by atomic mass is 16.6. The maximum Gasteiger partial charge on any atom is 0.407 e. The molecule has 4 aliphatic carbocycles. The molecule has 4 fully saturated rings. The summed E-state index contributed by atoms with van der Waals surface area (Å²) in [5.74, 6) is 4.61. The van der Waals surface area contributed by atoms with Crippen LogP contribution in [0.3, 0.4) is 0 Å². The first kappa shape index (κ1) is 29.2. The lowest BCUT2D eigenvalue weighted by Gasteiger charge is -2.64. The van der Waals surface area contributed by atoms with E-state index >= 15 is 0 Å². The first-order valence-electron chi connectivity index (χ1n) is 15.9. The first-order valence-corrected chi connectivity index (χ1v) is 15.9. The fourth-order valence-electron chi connectivity index (χ4n) is 10.1. The standard InChI is InChI=1S/C32H58N2O3/c1-22(2)9-8-10-23(3)26-11-12-27-25-14-18-32(37-29(36)34-20-7-6-19-33)21-24(35)13-17-31(32,5)28(25)15-16-30(26,27)4/h22-28,35H,6-21,33H2,1-5H3,(H,34,36)/t23-,24+,25-,26-,27+,28+,30-,31+,32-/m1/s1. The lowest BCUT2D eigenvalue weighted by atomic mass is 9.43. The van der Waals surface area contributed by atoms with E-state index in [1.54, 1.807) is 0 Å². The highest BCUT2D eigenvalue weighted by Crippen LogP contribution is 2.69. The number of aliphatic hydroxyl groups excluding tert-OH is 1. The molecule has 0 aromatic heterocycles. The number of alkyl carbamates (subject to hydrolysis) is 1. The maximum absolute atomic E-state index is 13.0. The number of nitrogens with one attached hydrogen (secondary N) is 1. The van der Waals surface area contributed by atoms with Crippen molar-refractivity contribution in [1.82, 2.24) is 5.32 Å². The summed E-state index contributed by atoms with van der Waals surface area (Å²) < 4.78 is 6.40. The molecule has 4 rings (SSSR count). The fraction of sp³-hybridized carbons (Fsp3) is 0.969. The molecule has 0 spiro atoms. The van der Waals surface area contributed by atoms with Gasteiger partial charge in [-0.25, -0.2) is 4.79 Å². The van der Waals surface area contributed by atoms with Crippen LogP contribution >= 0.6 is 0 Å². The second-order valence-corrected chi connectivity index (χ2v) is 14.6. The number of amides is 1. The van der Waals surface area contributed by atoms with Gasteiger partial charge in [0.15, 0.2) is 0 Å². The van der Waals surface area contributed by atoms with Crippen molar-refractivity contribution in [3.63, 3.8) is 0 Å². The van der Waals surface area contributed by atoms with Crippen LogP contribution in [-0.2, 0) is 4.74 Å². The van der Waals surface area contributed by atoms with Crippen LogP contribution in [0.4, 0.5) is 4.79 Å². The molecule has 0 saturated heterocycles. The predicted molar refractivity (Wildman–Crippen MR) is 151 cm³/mol. The van der Waals surface area contributed by atoms with Crippen LogP contribution in [0.5, 0.6) is 0 Å². The van der Waals surface area contributed by atoms with E-state index < -0.39 is 5.60 Å². The van der Waals surface area contributed by atoms with Crippen molar-refractivity contribution in [1.29, 1.82) is 0 Å². The van der Waals surface area contributed by atoms with Gasteiger partial charge in [-0.2, -0.15) is 0 Å². The molecule has 9 atom stereocenters. The second-order valence-electron chi connectivity index (χ2n) is 14.6. The SMILES string of the molecule is CC(C)CCC[C@@H](C)[C@H]1CC[C@H]2[C@H]3CC[C@@]4(OC(=O)NCCCCN)C[C@@H](O)CC[C@@]4(C)[C@H]3CC[C@]12C. The Morgan fingerprint density at radius 1 is 0.973 bits per heavy atom. The molecule has 4 saturated carbocycles. The molecule has 1 amide bonds. The van der Waals surface area contributed by atoms with E-state index in [0.717, 1.165) is 68.1 Å². The van der Waals surface area contributed by atoms with Gasteiger partial charge in [0.1, 0.15) is 5.60 Å². The molecule has 0 heterocycles. The molecule has 214 valence electrons. The third-order valence-electron chi connectivity index (χ3n) is 12.1. The van der Waals surface area contributed by atoms with E-state index in [2.05, 4.69) is 39.9 Å². The van der Waals surface area contributed by atoms with Crippen LogP contribution in [0.25, 0.3) is 0 Å². The van der Waals surface area contributed by atoms with E-state index in [1.807, 2.05) is 0 Å². The quantitative estimate of drug-likeness (QED) is 0.270. The molecule has 0 radical (unpaired) electrons. The summed E-state index contributed by atoms with van der Waals surface area (Å²) in [5, 5.41) is 13.7. The fourth-order valence-corrected chi connectivity index (χ4v) is 10.1. The minimum Gasteiger partial charge on any atom is -0.442 e. The first-order chi connectivity index (χ1) is 17.6. The largest absolute Gasteiger partial charge is 0.442 e. The molecule has 4 N–H and O–H groups in total. The molecule has 4 aliphatic rings. The topological polar surface area (TPSA) is 84.6 Å². The Morgan fingerprint density at radius 3 is 2.49 bits per heavy atom. The minimum absolute atomic E-state index is 0.0496. The summed E-state index contributed by atoms with van der Waals surface area (Å²) in [5.41, 5.74) is 5.48. The van der Waals surface area contributed by atoms with Gasteiger partial charge in [-0.3, -0.25) is 0 Å². The van der Waals surface area contributed by atoms with Crippen molar-refractivity contribution in [2.45, 2.75) is 136 Å². The van der Waals surface area contributed by atoms with Crippen molar-refractivity contribution in [2.75, 3.05) is 13.1 Å². The number of hydrogen-bond donors (Lipinski definition) is 3. The highest BCUT2D eigenvalue weighted by Gasteiger charge is 2.66. The zero-order valence-electron chi connectivity index (χ0n) is 24.7. The summed E-state index contributed by atoms with van der Waals surface area (Å²) >= 11 is 0. The highest BCUT2D eigenvalue weighted by molar-refractivity contribution is 5.68. The van der Waals surface area contributed by atoms with Crippen LogP contribution in [0.15, 0.2) is 0 Å². The smallest absolute Gasteiger partial charge is 0.407 e. The lowest BCUT2D eigenvalue weighted by molar-refractivity contribution is -0.219. The molecular weight excluding hydrogens is 460 g/mol. The molecule has 0 aliphatic heterocycles. The summed E-state index contributed by atoms with van der Waals surface area (Å²) in [6, 6.07) is 0. The number of aliphatic hydroxyl groups is 1. The third-order valence-corrected chi connectivity index (χ3v) is 12.1. The van der Waals surface area contributed by atoms with E-state index in [9.17, 15) is 9.90 Å². The zero-order chi connectivity index (χ0) is 26.8. The Hall–Kier alpha value is -0.810. The normalized spacial score (nSPS) is 42.0. The average molecular weight is 519 g/mol. The number of carbonyl (C=O) groups excluding carboxylic acids is 1. The number of ether oxygens (including phenoxy) is 1. The van der Waals surface area contributed by atoms with Gasteiger partial charge >= 0.3 is 6.09 Å². The Bertz CT molecular complexity index is 773. The van der Waals surface area contributed by atoms with Gasteiger partial charge in [-0.1, -0.05) is 53.9 Å². The number of carbonyl (C=O) groups is 1. The van der Waals surface area contributed by atoms with Crippen LogP contribution in [-0.4, -0.2) is 36.0 Å². The number of fused-ring (bicyclic) bond motifs is 5.